The van der Waals surface area contributed by atoms with E-state index in [9.17, 15) is 27.9 Å². The van der Waals surface area contributed by atoms with E-state index < -0.39 is 29.8 Å². The molecule has 1 heterocycles. The SMILES string of the molecule is CCN(CC)c1ccc2c(N(C)[C@@H](C)C(=O)O)cc(=O)oc2c1.O=C(O)C(F)(F)F. The first kappa shape index (κ1) is 24.8. The van der Waals surface area contributed by atoms with E-state index in [0.29, 0.717) is 11.3 Å². The molecule has 0 radical (unpaired) electrons. The van der Waals surface area contributed by atoms with Crippen LogP contribution in [0.1, 0.15) is 20.8 Å². The van der Waals surface area contributed by atoms with Crippen LogP contribution in [0.15, 0.2) is 33.5 Å². The summed E-state index contributed by atoms with van der Waals surface area (Å²) in [5, 5.41) is 17.0. The van der Waals surface area contributed by atoms with Crippen LogP contribution in [0.2, 0.25) is 0 Å². The molecule has 0 unspecified atom stereocenters. The Bertz CT molecular complexity index is 953. The average molecular weight is 432 g/mol. The molecule has 166 valence electrons. The van der Waals surface area contributed by atoms with Gasteiger partial charge < -0.3 is 24.4 Å². The van der Waals surface area contributed by atoms with Crippen LogP contribution in [0.3, 0.4) is 0 Å². The number of rotatable bonds is 6. The minimum atomic E-state index is -5.08. The first-order valence-corrected chi connectivity index (χ1v) is 8.92. The summed E-state index contributed by atoms with van der Waals surface area (Å²) in [5.41, 5.74) is 1.49. The molecular weight excluding hydrogens is 409 g/mol. The first-order valence-electron chi connectivity index (χ1n) is 8.92. The summed E-state index contributed by atoms with van der Waals surface area (Å²) in [6, 6.07) is 6.23. The summed E-state index contributed by atoms with van der Waals surface area (Å²) < 4.78 is 37.1. The van der Waals surface area contributed by atoms with Crippen molar-refractivity contribution in [2.24, 2.45) is 0 Å². The van der Waals surface area contributed by atoms with E-state index in [-0.39, 0.29) is 0 Å². The Kier molecular flexibility index (Phi) is 8.26. The Balaban J connectivity index is 0.000000553. The van der Waals surface area contributed by atoms with Gasteiger partial charge in [0.15, 0.2) is 0 Å². The maximum atomic E-state index is 11.9. The Hall–Kier alpha value is -3.24. The highest BCUT2D eigenvalue weighted by molar-refractivity contribution is 5.93. The van der Waals surface area contributed by atoms with Crippen molar-refractivity contribution in [3.05, 3.63) is 34.7 Å². The van der Waals surface area contributed by atoms with Gasteiger partial charge in [0.1, 0.15) is 11.6 Å². The topological polar surface area (TPSA) is 111 Å². The number of carbonyl (C=O) groups is 2. The summed E-state index contributed by atoms with van der Waals surface area (Å²) >= 11 is 0. The van der Waals surface area contributed by atoms with Crippen molar-refractivity contribution >= 4 is 34.3 Å². The zero-order valence-electron chi connectivity index (χ0n) is 16.9. The molecule has 0 saturated carbocycles. The highest BCUT2D eigenvalue weighted by atomic mass is 19.4. The van der Waals surface area contributed by atoms with Crippen molar-refractivity contribution in [1.82, 2.24) is 0 Å². The number of benzene rings is 1. The third-order valence-corrected chi connectivity index (χ3v) is 4.40. The average Bonchev–Trinajstić information content (AvgIpc) is 2.66. The lowest BCUT2D eigenvalue weighted by Crippen LogP contribution is -2.36. The predicted octanol–water partition coefficient (Wildman–Crippen LogP) is 3.18. The van der Waals surface area contributed by atoms with Crippen molar-refractivity contribution in [2.45, 2.75) is 33.0 Å². The second kappa shape index (κ2) is 9.99. The maximum absolute atomic E-state index is 11.9. The molecule has 30 heavy (non-hydrogen) atoms. The zero-order valence-corrected chi connectivity index (χ0v) is 16.9. The lowest BCUT2D eigenvalue weighted by Gasteiger charge is -2.25. The number of fused-ring (bicyclic) bond motifs is 1. The van der Waals surface area contributed by atoms with E-state index in [4.69, 9.17) is 14.3 Å². The predicted molar refractivity (Wildman–Crippen MR) is 105 cm³/mol. The Morgan fingerprint density at radius 3 is 2.10 bits per heavy atom. The smallest absolute Gasteiger partial charge is 0.480 e. The molecular formula is C19H23F3N2O6. The van der Waals surface area contributed by atoms with Gasteiger partial charge in [0.05, 0.1) is 5.69 Å². The summed E-state index contributed by atoms with van der Waals surface area (Å²) in [6.45, 7) is 7.39. The second-order valence-corrected chi connectivity index (χ2v) is 6.23. The molecule has 2 rings (SSSR count). The number of nitrogens with zero attached hydrogens (tertiary/aromatic N) is 2. The fraction of sp³-hybridized carbons (Fsp3) is 0.421. The van der Waals surface area contributed by atoms with Gasteiger partial charge in [-0.3, -0.25) is 0 Å². The second-order valence-electron chi connectivity index (χ2n) is 6.23. The highest BCUT2D eigenvalue weighted by Gasteiger charge is 2.38. The number of hydrogen-bond acceptors (Lipinski definition) is 6. The fourth-order valence-electron chi connectivity index (χ4n) is 2.59. The Labute approximate surface area is 170 Å². The molecule has 11 heteroatoms. The molecule has 8 nitrogen and oxygen atoms in total. The van der Waals surface area contributed by atoms with Crippen molar-refractivity contribution in [2.75, 3.05) is 29.9 Å². The van der Waals surface area contributed by atoms with Crippen LogP contribution < -0.4 is 15.4 Å². The van der Waals surface area contributed by atoms with Gasteiger partial charge in [-0.1, -0.05) is 0 Å². The van der Waals surface area contributed by atoms with E-state index >= 15 is 0 Å². The molecule has 0 amide bonds. The van der Waals surface area contributed by atoms with Crippen molar-refractivity contribution < 1.29 is 37.4 Å². The maximum Gasteiger partial charge on any atom is 0.490 e. The van der Waals surface area contributed by atoms with Crippen LogP contribution in [-0.4, -0.2) is 54.5 Å². The lowest BCUT2D eigenvalue weighted by molar-refractivity contribution is -0.192. The van der Waals surface area contributed by atoms with Gasteiger partial charge in [-0.2, -0.15) is 13.2 Å². The van der Waals surface area contributed by atoms with Crippen LogP contribution in [0.25, 0.3) is 11.0 Å². The number of aliphatic carboxylic acids is 2. The number of halogens is 3. The number of anilines is 2. The Morgan fingerprint density at radius 1 is 1.13 bits per heavy atom. The molecule has 1 atom stereocenters. The molecule has 0 aliphatic heterocycles. The standard InChI is InChI=1S/C17H22N2O4.C2HF3O2/c1-5-19(6-2)12-7-8-13-14(18(4)11(3)17(21)22)10-16(20)23-15(13)9-12;3-2(4,5)1(6)7/h7-11H,5-6H2,1-4H3,(H,21,22);(H,6,7)/t11-;/m0./s1. The van der Waals surface area contributed by atoms with Crippen molar-refractivity contribution in [3.63, 3.8) is 0 Å². The van der Waals surface area contributed by atoms with Crippen LogP contribution in [-0.2, 0) is 9.59 Å². The third kappa shape index (κ3) is 6.13. The van der Waals surface area contributed by atoms with E-state index in [0.717, 1.165) is 24.2 Å². The molecule has 0 aliphatic rings. The van der Waals surface area contributed by atoms with Gasteiger partial charge in [0.25, 0.3) is 0 Å². The largest absolute Gasteiger partial charge is 0.490 e. The molecule has 0 aliphatic carbocycles. The molecule has 2 aromatic rings. The summed E-state index contributed by atoms with van der Waals surface area (Å²) in [6.07, 6.45) is -5.08. The molecule has 1 aromatic heterocycles. The lowest BCUT2D eigenvalue weighted by atomic mass is 10.1. The van der Waals surface area contributed by atoms with Gasteiger partial charge >= 0.3 is 23.7 Å². The molecule has 0 spiro atoms. The van der Waals surface area contributed by atoms with Crippen LogP contribution in [0.4, 0.5) is 24.5 Å². The van der Waals surface area contributed by atoms with Gasteiger partial charge in [-0.05, 0) is 32.9 Å². The van der Waals surface area contributed by atoms with E-state index in [1.807, 2.05) is 18.2 Å². The van der Waals surface area contributed by atoms with E-state index in [2.05, 4.69) is 18.7 Å². The monoisotopic (exact) mass is 432 g/mol. The van der Waals surface area contributed by atoms with Gasteiger partial charge in [0.2, 0.25) is 0 Å². The zero-order chi connectivity index (χ0) is 23.2. The van der Waals surface area contributed by atoms with Crippen LogP contribution in [0.5, 0.6) is 0 Å². The molecule has 1 aromatic carbocycles. The van der Waals surface area contributed by atoms with Gasteiger partial charge in [-0.25, -0.2) is 14.4 Å². The number of carboxylic acid groups (broad SMARTS) is 2. The summed E-state index contributed by atoms with van der Waals surface area (Å²) in [4.78, 5) is 35.7. The molecule has 2 N–H and O–H groups in total. The minimum absolute atomic E-state index is 0.460. The summed E-state index contributed by atoms with van der Waals surface area (Å²) in [5.74, 6) is -3.71. The number of likely N-dealkylation sites (N-methyl/N-ethyl adjacent to an activating group) is 1. The van der Waals surface area contributed by atoms with Crippen molar-refractivity contribution in [1.29, 1.82) is 0 Å². The van der Waals surface area contributed by atoms with Gasteiger partial charge in [-0.15, -0.1) is 0 Å². The Morgan fingerprint density at radius 2 is 1.67 bits per heavy atom. The van der Waals surface area contributed by atoms with Crippen LogP contribution >= 0.6 is 0 Å². The third-order valence-electron chi connectivity index (χ3n) is 4.40. The van der Waals surface area contributed by atoms with Crippen LogP contribution in [0, 0.1) is 0 Å². The minimum Gasteiger partial charge on any atom is -0.480 e. The normalized spacial score (nSPS) is 12.0. The number of alkyl halides is 3. The fourth-order valence-corrected chi connectivity index (χ4v) is 2.59. The summed E-state index contributed by atoms with van der Waals surface area (Å²) in [7, 11) is 1.66. The molecule has 0 saturated heterocycles. The van der Waals surface area contributed by atoms with Crippen molar-refractivity contribution in [3.8, 4) is 0 Å². The van der Waals surface area contributed by atoms with E-state index in [1.165, 1.54) is 6.07 Å². The van der Waals surface area contributed by atoms with E-state index in [1.54, 1.807) is 18.9 Å². The quantitative estimate of drug-likeness (QED) is 0.670. The molecule has 0 bridgehead atoms. The highest BCUT2D eigenvalue weighted by Crippen LogP contribution is 2.29. The number of hydrogen-bond donors (Lipinski definition) is 2. The first-order chi connectivity index (χ1) is 13.8. The van der Waals surface area contributed by atoms with Gasteiger partial charge in [0, 0.05) is 43.3 Å². The molecule has 0 fully saturated rings. The number of carboxylic acids is 2.